The second-order valence-electron chi connectivity index (χ2n) is 6.19. The van der Waals surface area contributed by atoms with Gasteiger partial charge in [0.05, 0.1) is 6.04 Å². The Labute approximate surface area is 132 Å². The number of hydrogen-bond donors (Lipinski definition) is 0. The van der Waals surface area contributed by atoms with Crippen molar-refractivity contribution in [3.05, 3.63) is 35.9 Å². The van der Waals surface area contributed by atoms with Crippen molar-refractivity contribution in [3.8, 4) is 0 Å². The summed E-state index contributed by atoms with van der Waals surface area (Å²) in [5.41, 5.74) is 2.37. The molecular weight excluding hydrogens is 276 g/mol. The summed E-state index contributed by atoms with van der Waals surface area (Å²) in [6, 6.07) is 10.2. The van der Waals surface area contributed by atoms with Crippen LogP contribution in [0, 0.1) is 5.92 Å². The predicted octanol–water partition coefficient (Wildman–Crippen LogP) is 4.01. The van der Waals surface area contributed by atoms with Crippen LogP contribution in [0.1, 0.15) is 44.6 Å². The Morgan fingerprint density at radius 1 is 1.27 bits per heavy atom. The van der Waals surface area contributed by atoms with E-state index in [2.05, 4.69) is 19.1 Å². The molecule has 0 bridgehead atoms. The Kier molecular flexibility index (Phi) is 4.76. The molecule has 1 atom stereocenters. The number of nitrogens with zero attached hydrogens (tertiary/aromatic N) is 2. The fourth-order valence-electron chi connectivity index (χ4n) is 3.45. The smallest absolute Gasteiger partial charge is 0.430 e. The molecule has 0 spiro atoms. The quantitative estimate of drug-likeness (QED) is 0.771. The number of ether oxygens (including phenoxy) is 1. The summed E-state index contributed by atoms with van der Waals surface area (Å²) in [6.45, 7) is 2.56. The highest BCUT2D eigenvalue weighted by atomic mass is 16.6. The minimum Gasteiger partial charge on any atom is -0.446 e. The number of cyclic esters (lactones) is 1. The van der Waals surface area contributed by atoms with E-state index in [0.717, 1.165) is 18.6 Å². The summed E-state index contributed by atoms with van der Waals surface area (Å²) in [4.78, 5) is 12.0. The molecule has 0 aromatic heterocycles. The van der Waals surface area contributed by atoms with Crippen molar-refractivity contribution in [2.75, 3.05) is 6.61 Å². The van der Waals surface area contributed by atoms with Crippen LogP contribution in [0.5, 0.6) is 0 Å². The largest absolute Gasteiger partial charge is 0.446 e. The molecule has 1 heterocycles. The van der Waals surface area contributed by atoms with Gasteiger partial charge in [-0.1, -0.05) is 50.1 Å². The standard InChI is InChI=1S/C18H24N2O2/c1-2-17(15-10-6-7-11-15)19-20-16(13-22-18(20)21)12-14-8-4-3-5-9-14/h3-5,8-9,15-16H,2,6-7,10-13H2,1H3/b19-17+/t16-/m0/s1. The molecular formula is C18H24N2O2. The Hall–Kier alpha value is -1.84. The molecule has 1 aromatic carbocycles. The second kappa shape index (κ2) is 6.95. The van der Waals surface area contributed by atoms with Crippen molar-refractivity contribution in [2.45, 2.75) is 51.5 Å². The average Bonchev–Trinajstić information content (AvgIpc) is 3.18. The van der Waals surface area contributed by atoms with E-state index in [0.29, 0.717) is 12.5 Å². The van der Waals surface area contributed by atoms with Crippen molar-refractivity contribution < 1.29 is 9.53 Å². The van der Waals surface area contributed by atoms with Crippen LogP contribution >= 0.6 is 0 Å². The molecule has 1 saturated carbocycles. The monoisotopic (exact) mass is 300 g/mol. The number of rotatable bonds is 5. The lowest BCUT2D eigenvalue weighted by Gasteiger charge is -2.20. The van der Waals surface area contributed by atoms with Crippen LogP contribution in [0.2, 0.25) is 0 Å². The Morgan fingerprint density at radius 2 is 2.00 bits per heavy atom. The van der Waals surface area contributed by atoms with Gasteiger partial charge in [-0.05, 0) is 37.2 Å². The molecule has 2 fully saturated rings. The van der Waals surface area contributed by atoms with Crippen molar-refractivity contribution in [3.63, 3.8) is 0 Å². The fourth-order valence-corrected chi connectivity index (χ4v) is 3.45. The number of amides is 1. The van der Waals surface area contributed by atoms with Crippen LogP contribution in [-0.4, -0.2) is 29.5 Å². The van der Waals surface area contributed by atoms with Crippen LogP contribution in [0.15, 0.2) is 35.4 Å². The lowest BCUT2D eigenvalue weighted by atomic mass is 10.00. The third-order valence-corrected chi connectivity index (χ3v) is 4.67. The lowest BCUT2D eigenvalue weighted by molar-refractivity contribution is 0.158. The van der Waals surface area contributed by atoms with Crippen LogP contribution in [0.4, 0.5) is 4.79 Å². The Morgan fingerprint density at radius 3 is 2.68 bits per heavy atom. The van der Waals surface area contributed by atoms with E-state index < -0.39 is 0 Å². The van der Waals surface area contributed by atoms with E-state index in [4.69, 9.17) is 9.84 Å². The summed E-state index contributed by atoms with van der Waals surface area (Å²) >= 11 is 0. The van der Waals surface area contributed by atoms with Gasteiger partial charge in [-0.3, -0.25) is 0 Å². The molecule has 0 N–H and O–H groups in total. The number of hydrazone groups is 1. The molecule has 3 rings (SSSR count). The van der Waals surface area contributed by atoms with E-state index in [1.807, 2.05) is 18.2 Å². The third-order valence-electron chi connectivity index (χ3n) is 4.67. The molecule has 2 aliphatic rings. The first-order valence-electron chi connectivity index (χ1n) is 8.35. The van der Waals surface area contributed by atoms with Gasteiger partial charge in [-0.25, -0.2) is 4.79 Å². The molecule has 4 heteroatoms. The van der Waals surface area contributed by atoms with Gasteiger partial charge in [-0.2, -0.15) is 10.1 Å². The highest BCUT2D eigenvalue weighted by Gasteiger charge is 2.34. The number of hydrogen-bond acceptors (Lipinski definition) is 3. The fraction of sp³-hybridized carbons (Fsp3) is 0.556. The molecule has 1 amide bonds. The van der Waals surface area contributed by atoms with Gasteiger partial charge in [0.2, 0.25) is 0 Å². The average molecular weight is 300 g/mol. The third kappa shape index (κ3) is 3.32. The SMILES string of the molecule is CC/C(=N\N1C(=O)OC[C@@H]1Cc1ccccc1)C1CCCC1. The maximum Gasteiger partial charge on any atom is 0.430 e. The highest BCUT2D eigenvalue weighted by Crippen LogP contribution is 2.28. The van der Waals surface area contributed by atoms with Gasteiger partial charge in [0.1, 0.15) is 6.61 Å². The van der Waals surface area contributed by atoms with E-state index in [1.165, 1.54) is 31.2 Å². The van der Waals surface area contributed by atoms with Gasteiger partial charge in [0.15, 0.2) is 0 Å². The zero-order chi connectivity index (χ0) is 15.4. The summed E-state index contributed by atoms with van der Waals surface area (Å²) in [5.74, 6) is 0.552. The number of benzene rings is 1. The van der Waals surface area contributed by atoms with Crippen molar-refractivity contribution in [1.29, 1.82) is 0 Å². The Balaban J connectivity index is 1.75. The van der Waals surface area contributed by atoms with Crippen LogP contribution < -0.4 is 0 Å². The predicted molar refractivity (Wildman–Crippen MR) is 86.8 cm³/mol. The normalized spacial score (nSPS) is 23.1. The molecule has 1 aliphatic heterocycles. The van der Waals surface area contributed by atoms with Crippen LogP contribution in [-0.2, 0) is 11.2 Å². The minimum atomic E-state index is -0.301. The van der Waals surface area contributed by atoms with Gasteiger partial charge in [0.25, 0.3) is 0 Å². The lowest BCUT2D eigenvalue weighted by Crippen LogP contribution is -2.32. The van der Waals surface area contributed by atoms with E-state index in [1.54, 1.807) is 5.01 Å². The first-order chi connectivity index (χ1) is 10.8. The first-order valence-corrected chi connectivity index (χ1v) is 8.35. The summed E-state index contributed by atoms with van der Waals surface area (Å²) < 4.78 is 5.24. The summed E-state index contributed by atoms with van der Waals surface area (Å²) in [5, 5.41) is 6.30. The van der Waals surface area contributed by atoms with Crippen LogP contribution in [0.3, 0.4) is 0 Å². The van der Waals surface area contributed by atoms with Gasteiger partial charge in [-0.15, -0.1) is 0 Å². The molecule has 22 heavy (non-hydrogen) atoms. The van der Waals surface area contributed by atoms with Gasteiger partial charge in [0, 0.05) is 5.71 Å². The maximum atomic E-state index is 12.0. The summed E-state index contributed by atoms with van der Waals surface area (Å²) in [6.07, 6.45) is 6.37. The topological polar surface area (TPSA) is 41.9 Å². The zero-order valence-corrected chi connectivity index (χ0v) is 13.2. The molecule has 1 aromatic rings. The van der Waals surface area contributed by atoms with Crippen LogP contribution in [0.25, 0.3) is 0 Å². The second-order valence-corrected chi connectivity index (χ2v) is 6.19. The van der Waals surface area contributed by atoms with E-state index in [9.17, 15) is 4.79 Å². The number of carbonyl (C=O) groups is 1. The minimum absolute atomic E-state index is 0.0119. The van der Waals surface area contributed by atoms with Gasteiger partial charge >= 0.3 is 6.09 Å². The number of carbonyl (C=O) groups excluding carboxylic acids is 1. The summed E-state index contributed by atoms with van der Waals surface area (Å²) in [7, 11) is 0. The molecule has 0 radical (unpaired) electrons. The first kappa shape index (κ1) is 15.1. The van der Waals surface area contributed by atoms with E-state index in [-0.39, 0.29) is 12.1 Å². The molecule has 1 aliphatic carbocycles. The highest BCUT2D eigenvalue weighted by molar-refractivity contribution is 5.87. The van der Waals surface area contributed by atoms with Gasteiger partial charge < -0.3 is 4.74 Å². The molecule has 4 nitrogen and oxygen atoms in total. The van der Waals surface area contributed by atoms with Crippen molar-refractivity contribution in [2.24, 2.45) is 11.0 Å². The van der Waals surface area contributed by atoms with E-state index >= 15 is 0 Å². The Bertz CT molecular complexity index is 535. The molecule has 1 saturated heterocycles. The zero-order valence-electron chi connectivity index (χ0n) is 13.2. The van der Waals surface area contributed by atoms with Crippen molar-refractivity contribution in [1.82, 2.24) is 5.01 Å². The van der Waals surface area contributed by atoms with Crippen molar-refractivity contribution >= 4 is 11.8 Å². The molecule has 118 valence electrons. The molecule has 0 unspecified atom stereocenters. The maximum absolute atomic E-state index is 12.0.